The van der Waals surface area contributed by atoms with Gasteiger partial charge in [-0.15, -0.1) is 0 Å². The Morgan fingerprint density at radius 1 is 1.31 bits per heavy atom. The lowest BCUT2D eigenvalue weighted by Gasteiger charge is -2.05. The van der Waals surface area contributed by atoms with Crippen LogP contribution in [0.3, 0.4) is 0 Å². The second-order valence-electron chi connectivity index (χ2n) is 2.98. The number of halogens is 2. The average molecular weight is 228 g/mol. The summed E-state index contributed by atoms with van der Waals surface area (Å²) in [6.07, 6.45) is 0. The van der Waals surface area contributed by atoms with Crippen molar-refractivity contribution in [3.63, 3.8) is 0 Å². The molecule has 6 heteroatoms. The first-order valence-corrected chi connectivity index (χ1v) is 4.48. The van der Waals surface area contributed by atoms with Crippen molar-refractivity contribution in [2.75, 3.05) is 13.6 Å². The first kappa shape index (κ1) is 12.1. The molecule has 0 aromatic heterocycles. The summed E-state index contributed by atoms with van der Waals surface area (Å²) in [6.45, 7) is -0.286. The summed E-state index contributed by atoms with van der Waals surface area (Å²) in [5, 5.41) is 4.44. The maximum absolute atomic E-state index is 13.1. The van der Waals surface area contributed by atoms with Crippen LogP contribution in [0.1, 0.15) is 10.4 Å². The summed E-state index contributed by atoms with van der Waals surface area (Å²) in [6, 6.07) is 2.53. The number of hydrogen-bond donors (Lipinski definition) is 2. The molecule has 0 fully saturated rings. The number of carbonyl (C=O) groups excluding carboxylic acids is 2. The Kier molecular flexibility index (Phi) is 3.93. The second kappa shape index (κ2) is 5.20. The largest absolute Gasteiger partial charge is 0.358 e. The third-order valence-electron chi connectivity index (χ3n) is 1.86. The van der Waals surface area contributed by atoms with E-state index in [9.17, 15) is 18.4 Å². The zero-order valence-corrected chi connectivity index (χ0v) is 8.51. The molecule has 0 saturated carbocycles. The Bertz CT molecular complexity index is 421. The Hall–Kier alpha value is -1.98. The first-order valence-electron chi connectivity index (χ1n) is 4.48. The van der Waals surface area contributed by atoms with Gasteiger partial charge in [0.25, 0.3) is 5.91 Å². The van der Waals surface area contributed by atoms with Crippen molar-refractivity contribution >= 4 is 11.8 Å². The SMILES string of the molecule is CNC(=O)CNC(=O)c1cc(F)ccc1F. The third kappa shape index (κ3) is 3.01. The normalized spacial score (nSPS) is 9.69. The van der Waals surface area contributed by atoms with Crippen LogP contribution in [0.4, 0.5) is 8.78 Å². The number of amides is 2. The summed E-state index contributed by atoms with van der Waals surface area (Å²) in [5.41, 5.74) is -0.427. The highest BCUT2D eigenvalue weighted by Gasteiger charge is 2.13. The van der Waals surface area contributed by atoms with Crippen LogP contribution in [0.25, 0.3) is 0 Å². The number of benzene rings is 1. The van der Waals surface area contributed by atoms with Crippen molar-refractivity contribution in [2.45, 2.75) is 0 Å². The zero-order chi connectivity index (χ0) is 12.1. The summed E-state index contributed by atoms with van der Waals surface area (Å²) < 4.78 is 25.8. The molecule has 0 spiro atoms. The predicted octanol–water partition coefficient (Wildman–Crippen LogP) is 0.441. The maximum atomic E-state index is 13.1. The lowest BCUT2D eigenvalue weighted by Crippen LogP contribution is -2.35. The number of likely N-dealkylation sites (N-methyl/N-ethyl adjacent to an activating group) is 1. The highest BCUT2D eigenvalue weighted by Crippen LogP contribution is 2.09. The predicted molar refractivity (Wildman–Crippen MR) is 52.8 cm³/mol. The van der Waals surface area contributed by atoms with Crippen molar-refractivity contribution < 1.29 is 18.4 Å². The molecule has 0 unspecified atom stereocenters. The van der Waals surface area contributed by atoms with Gasteiger partial charge >= 0.3 is 0 Å². The molecular weight excluding hydrogens is 218 g/mol. The molecule has 2 N–H and O–H groups in total. The first-order chi connectivity index (χ1) is 7.54. The summed E-state index contributed by atoms with van der Waals surface area (Å²) in [5.74, 6) is -2.81. The molecular formula is C10H10F2N2O2. The monoisotopic (exact) mass is 228 g/mol. The van der Waals surface area contributed by atoms with Crippen LogP contribution in [-0.2, 0) is 4.79 Å². The van der Waals surface area contributed by atoms with E-state index in [1.54, 1.807) is 0 Å². The van der Waals surface area contributed by atoms with E-state index < -0.39 is 29.0 Å². The minimum absolute atomic E-state index is 0.286. The highest BCUT2D eigenvalue weighted by atomic mass is 19.1. The van der Waals surface area contributed by atoms with Gasteiger partial charge in [-0.3, -0.25) is 9.59 Å². The number of carbonyl (C=O) groups is 2. The quantitative estimate of drug-likeness (QED) is 0.788. The molecule has 0 radical (unpaired) electrons. The fourth-order valence-corrected chi connectivity index (χ4v) is 1.02. The maximum Gasteiger partial charge on any atom is 0.254 e. The van der Waals surface area contributed by atoms with E-state index in [1.165, 1.54) is 7.05 Å². The van der Waals surface area contributed by atoms with Gasteiger partial charge in [0.2, 0.25) is 5.91 Å². The Balaban J connectivity index is 2.73. The smallest absolute Gasteiger partial charge is 0.254 e. The molecule has 0 aliphatic heterocycles. The molecule has 1 aromatic rings. The van der Waals surface area contributed by atoms with Crippen LogP contribution < -0.4 is 10.6 Å². The minimum atomic E-state index is -0.837. The summed E-state index contributed by atoms with van der Waals surface area (Å²) in [7, 11) is 1.40. The Morgan fingerprint density at radius 3 is 2.62 bits per heavy atom. The number of rotatable bonds is 3. The van der Waals surface area contributed by atoms with Gasteiger partial charge in [0.05, 0.1) is 12.1 Å². The van der Waals surface area contributed by atoms with Gasteiger partial charge < -0.3 is 10.6 Å². The van der Waals surface area contributed by atoms with Crippen LogP contribution in [0, 0.1) is 11.6 Å². The molecule has 4 nitrogen and oxygen atoms in total. The molecule has 86 valence electrons. The van der Waals surface area contributed by atoms with Gasteiger partial charge in [-0.2, -0.15) is 0 Å². The standard InChI is InChI=1S/C10H10F2N2O2/c1-13-9(15)5-14-10(16)7-4-6(11)2-3-8(7)12/h2-4H,5H2,1H3,(H,13,15)(H,14,16). The summed E-state index contributed by atoms with van der Waals surface area (Å²) >= 11 is 0. The van der Waals surface area contributed by atoms with E-state index in [0.29, 0.717) is 0 Å². The number of hydrogen-bond acceptors (Lipinski definition) is 2. The van der Waals surface area contributed by atoms with Gasteiger partial charge in [-0.25, -0.2) is 8.78 Å². The van der Waals surface area contributed by atoms with Gasteiger partial charge in [0, 0.05) is 7.05 Å². The van der Waals surface area contributed by atoms with E-state index >= 15 is 0 Å². The van der Waals surface area contributed by atoms with E-state index in [0.717, 1.165) is 18.2 Å². The number of nitrogens with one attached hydrogen (secondary N) is 2. The lowest BCUT2D eigenvalue weighted by molar-refractivity contribution is -0.119. The molecule has 0 atom stereocenters. The molecule has 0 heterocycles. The van der Waals surface area contributed by atoms with Crippen LogP contribution in [0.2, 0.25) is 0 Å². The van der Waals surface area contributed by atoms with Gasteiger partial charge in [-0.05, 0) is 18.2 Å². The molecule has 2 amide bonds. The van der Waals surface area contributed by atoms with Gasteiger partial charge in [0.1, 0.15) is 11.6 Å². The zero-order valence-electron chi connectivity index (χ0n) is 8.51. The van der Waals surface area contributed by atoms with Crippen LogP contribution in [0.5, 0.6) is 0 Å². The van der Waals surface area contributed by atoms with Crippen LogP contribution in [0.15, 0.2) is 18.2 Å². The topological polar surface area (TPSA) is 58.2 Å². The summed E-state index contributed by atoms with van der Waals surface area (Å²) in [4.78, 5) is 22.1. The Labute approximate surface area is 90.6 Å². The van der Waals surface area contributed by atoms with Crippen molar-refractivity contribution in [2.24, 2.45) is 0 Å². The van der Waals surface area contributed by atoms with E-state index in [1.807, 2.05) is 0 Å². The van der Waals surface area contributed by atoms with E-state index in [4.69, 9.17) is 0 Å². The second-order valence-corrected chi connectivity index (χ2v) is 2.98. The molecule has 1 aromatic carbocycles. The van der Waals surface area contributed by atoms with Crippen LogP contribution >= 0.6 is 0 Å². The third-order valence-corrected chi connectivity index (χ3v) is 1.86. The van der Waals surface area contributed by atoms with Crippen molar-refractivity contribution in [1.29, 1.82) is 0 Å². The fraction of sp³-hybridized carbons (Fsp3) is 0.200. The molecule has 0 saturated heterocycles. The molecule has 1 rings (SSSR count). The van der Waals surface area contributed by atoms with E-state index in [2.05, 4.69) is 10.6 Å². The Morgan fingerprint density at radius 2 is 2.00 bits per heavy atom. The molecule has 0 aliphatic carbocycles. The molecule has 0 bridgehead atoms. The molecule has 16 heavy (non-hydrogen) atoms. The van der Waals surface area contributed by atoms with Crippen molar-refractivity contribution in [3.05, 3.63) is 35.4 Å². The van der Waals surface area contributed by atoms with E-state index in [-0.39, 0.29) is 6.54 Å². The van der Waals surface area contributed by atoms with Gasteiger partial charge in [0.15, 0.2) is 0 Å². The average Bonchev–Trinajstić information content (AvgIpc) is 2.28. The minimum Gasteiger partial charge on any atom is -0.358 e. The van der Waals surface area contributed by atoms with Crippen LogP contribution in [-0.4, -0.2) is 25.4 Å². The van der Waals surface area contributed by atoms with Gasteiger partial charge in [-0.1, -0.05) is 0 Å². The van der Waals surface area contributed by atoms with Crippen molar-refractivity contribution in [3.8, 4) is 0 Å². The highest BCUT2D eigenvalue weighted by molar-refractivity contribution is 5.96. The lowest BCUT2D eigenvalue weighted by atomic mass is 10.2. The molecule has 0 aliphatic rings. The van der Waals surface area contributed by atoms with Crippen molar-refractivity contribution in [1.82, 2.24) is 10.6 Å². The fourth-order valence-electron chi connectivity index (χ4n) is 1.02.